The van der Waals surface area contributed by atoms with Crippen molar-refractivity contribution in [3.63, 3.8) is 0 Å². The topological polar surface area (TPSA) is 12.0 Å². The van der Waals surface area contributed by atoms with Gasteiger partial charge in [-0.2, -0.15) is 65.9 Å². The molecule has 0 atom stereocenters. The Morgan fingerprint density at radius 3 is 1.37 bits per heavy atom. The van der Waals surface area contributed by atoms with E-state index in [2.05, 4.69) is 0 Å². The number of rotatable bonds is 10. The maximum atomic E-state index is 13.4. The molecule has 0 aliphatic carbocycles. The Kier molecular flexibility index (Phi) is 7.87. The van der Waals surface area contributed by atoms with Crippen LogP contribution in [-0.4, -0.2) is 54.8 Å². The first-order chi connectivity index (χ1) is 13.0. The van der Waals surface area contributed by atoms with Crippen LogP contribution in [0.4, 0.5) is 70.2 Å². The maximum Gasteiger partial charge on any atom is 0.460 e. The summed E-state index contributed by atoms with van der Waals surface area (Å²) in [6.07, 6.45) is -7.99. The summed E-state index contributed by atoms with van der Waals surface area (Å²) in [4.78, 5) is 0. The highest BCUT2D eigenvalue weighted by Gasteiger charge is 2.93. The molecule has 30 heavy (non-hydrogen) atoms. The van der Waals surface area contributed by atoms with Gasteiger partial charge in [0.25, 0.3) is 0 Å². The molecule has 1 N–H and O–H groups in total. The van der Waals surface area contributed by atoms with Crippen molar-refractivity contribution in [1.82, 2.24) is 5.32 Å². The highest BCUT2D eigenvalue weighted by Crippen LogP contribution is 2.63. The van der Waals surface area contributed by atoms with Crippen LogP contribution in [-0.2, 0) is 0 Å². The van der Waals surface area contributed by atoms with E-state index in [-0.39, 0.29) is 13.0 Å². The van der Waals surface area contributed by atoms with E-state index in [9.17, 15) is 70.2 Å². The fourth-order valence-electron chi connectivity index (χ4n) is 1.69. The molecule has 0 amide bonds. The lowest BCUT2D eigenvalue weighted by Crippen LogP contribution is -2.72. The quantitative estimate of drug-likeness (QED) is 0.287. The molecule has 17 heteroatoms. The lowest BCUT2D eigenvalue weighted by Gasteiger charge is -2.41. The molecule has 0 bridgehead atoms. The van der Waals surface area contributed by atoms with Crippen LogP contribution in [0.5, 0.6) is 0 Å². The molecular weight excluding hydrogens is 474 g/mol. The Labute approximate surface area is 157 Å². The van der Waals surface area contributed by atoms with Crippen LogP contribution in [0.2, 0.25) is 0 Å². The van der Waals surface area contributed by atoms with Gasteiger partial charge in [0.05, 0.1) is 0 Å². The smallest absolute Gasteiger partial charge is 0.313 e. The van der Waals surface area contributed by atoms with Crippen molar-refractivity contribution in [2.75, 3.05) is 13.1 Å². The molecule has 0 aliphatic rings. The van der Waals surface area contributed by atoms with E-state index in [0.717, 1.165) is 0 Å². The van der Waals surface area contributed by atoms with Gasteiger partial charge in [-0.25, -0.2) is 4.39 Å². The first-order valence-electron chi connectivity index (χ1n) is 7.38. The number of allylic oxidation sites excluding steroid dienone is 1. The van der Waals surface area contributed by atoms with Crippen LogP contribution >= 0.6 is 0 Å². The van der Waals surface area contributed by atoms with Gasteiger partial charge in [-0.15, -0.1) is 0 Å². The van der Waals surface area contributed by atoms with Crippen molar-refractivity contribution in [2.45, 2.75) is 55.1 Å². The van der Waals surface area contributed by atoms with Gasteiger partial charge in [0.15, 0.2) is 5.83 Å². The molecule has 0 saturated carbocycles. The van der Waals surface area contributed by atoms with Crippen molar-refractivity contribution in [3.8, 4) is 0 Å². The van der Waals surface area contributed by atoms with E-state index in [1.54, 1.807) is 0 Å². The van der Waals surface area contributed by atoms with Crippen LogP contribution in [0.1, 0.15) is 13.3 Å². The fourth-order valence-corrected chi connectivity index (χ4v) is 1.69. The van der Waals surface area contributed by atoms with Crippen molar-refractivity contribution in [2.24, 2.45) is 0 Å². The average Bonchev–Trinajstić information content (AvgIpc) is 2.56. The van der Waals surface area contributed by atoms with Crippen LogP contribution < -0.4 is 5.32 Å². The molecule has 0 aromatic heterocycles. The lowest BCUT2D eigenvalue weighted by molar-refractivity contribution is -0.450. The maximum absolute atomic E-state index is 13.4. The Morgan fingerprint density at radius 1 is 0.633 bits per heavy atom. The molecular formula is C13H11F16N. The minimum atomic E-state index is -8.42. The van der Waals surface area contributed by atoms with Gasteiger partial charge in [-0.1, -0.05) is 6.92 Å². The number of halogens is 16. The fraction of sp³-hybridized carbons (Fsp3) is 0.846. The molecule has 0 fully saturated rings. The zero-order valence-electron chi connectivity index (χ0n) is 14.2. The molecule has 0 unspecified atom stereocenters. The van der Waals surface area contributed by atoms with E-state index in [1.165, 1.54) is 6.92 Å². The van der Waals surface area contributed by atoms with Crippen LogP contribution in [0.3, 0.4) is 0 Å². The standard InChI is InChI=1S/C13H11F16N/c1-2-4-30-5-3-6(14)7(15,16)8(17,18)9(19,20)10(21,22)11(23,24)12(25,26)13(27,28)29/h3,30H,2,4-5H2,1H3/b6-3-. The second kappa shape index (κ2) is 8.26. The number of hydrogen-bond acceptors (Lipinski definition) is 1. The number of alkyl halides is 15. The average molecular weight is 485 g/mol. The molecule has 0 saturated heterocycles. The minimum absolute atomic E-state index is 0.0707. The third-order valence-electron chi connectivity index (χ3n) is 3.48. The van der Waals surface area contributed by atoms with Crippen LogP contribution in [0.25, 0.3) is 0 Å². The largest absolute Gasteiger partial charge is 0.460 e. The second-order valence-electron chi connectivity index (χ2n) is 5.70. The summed E-state index contributed by atoms with van der Waals surface area (Å²) < 4.78 is 207. The Hall–Kier alpha value is -1.42. The predicted octanol–water partition coefficient (Wildman–Crippen LogP) is 6.21. The monoisotopic (exact) mass is 485 g/mol. The van der Waals surface area contributed by atoms with Gasteiger partial charge < -0.3 is 5.32 Å². The Morgan fingerprint density at radius 2 is 1.00 bits per heavy atom. The predicted molar refractivity (Wildman–Crippen MR) is 68.1 cm³/mol. The highest BCUT2D eigenvalue weighted by atomic mass is 19.4. The highest BCUT2D eigenvalue weighted by molar-refractivity contribution is 5.19. The third-order valence-corrected chi connectivity index (χ3v) is 3.48. The van der Waals surface area contributed by atoms with E-state index in [0.29, 0.717) is 0 Å². The molecule has 0 aromatic rings. The number of nitrogens with one attached hydrogen (secondary N) is 1. The van der Waals surface area contributed by atoms with Crippen LogP contribution in [0, 0.1) is 0 Å². The van der Waals surface area contributed by atoms with Gasteiger partial charge in [-0.05, 0) is 19.0 Å². The summed E-state index contributed by atoms with van der Waals surface area (Å²) in [5.74, 6) is -51.5. The summed E-state index contributed by atoms with van der Waals surface area (Å²) in [7, 11) is 0. The second-order valence-corrected chi connectivity index (χ2v) is 5.70. The summed E-state index contributed by atoms with van der Waals surface area (Å²) in [6, 6.07) is 0. The molecule has 0 spiro atoms. The third kappa shape index (κ3) is 4.17. The number of hydrogen-bond donors (Lipinski definition) is 1. The zero-order valence-corrected chi connectivity index (χ0v) is 14.2. The van der Waals surface area contributed by atoms with E-state index in [4.69, 9.17) is 0 Å². The molecule has 0 heterocycles. The van der Waals surface area contributed by atoms with Gasteiger partial charge in [-0.3, -0.25) is 0 Å². The van der Waals surface area contributed by atoms with Gasteiger partial charge in [0.1, 0.15) is 0 Å². The summed E-state index contributed by atoms with van der Waals surface area (Å²) in [6.45, 7) is 0.323. The van der Waals surface area contributed by atoms with E-state index < -0.39 is 60.2 Å². The summed E-state index contributed by atoms with van der Waals surface area (Å²) >= 11 is 0. The Bertz CT molecular complexity index is 617. The first-order valence-corrected chi connectivity index (χ1v) is 7.38. The molecule has 0 aliphatic heterocycles. The summed E-state index contributed by atoms with van der Waals surface area (Å²) in [5, 5.41) is 2.04. The SMILES string of the molecule is CCCNC/C=C(\F)C(F)(F)C(F)(F)C(F)(F)C(F)(F)C(F)(F)C(F)(F)C(F)(F)F. The molecule has 0 radical (unpaired) electrons. The van der Waals surface area contributed by atoms with Crippen molar-refractivity contribution >= 4 is 0 Å². The van der Waals surface area contributed by atoms with E-state index >= 15 is 0 Å². The zero-order chi connectivity index (χ0) is 24.6. The van der Waals surface area contributed by atoms with Crippen LogP contribution in [0.15, 0.2) is 11.9 Å². The van der Waals surface area contributed by atoms with E-state index in [1.807, 2.05) is 5.32 Å². The summed E-state index contributed by atoms with van der Waals surface area (Å²) in [5.41, 5.74) is 0. The first kappa shape index (κ1) is 28.6. The Balaban J connectivity index is 6.35. The van der Waals surface area contributed by atoms with Crippen molar-refractivity contribution in [1.29, 1.82) is 0 Å². The van der Waals surface area contributed by atoms with Gasteiger partial charge in [0, 0.05) is 6.54 Å². The molecule has 1 nitrogen and oxygen atoms in total. The molecule has 180 valence electrons. The molecule has 0 aromatic carbocycles. The lowest BCUT2D eigenvalue weighted by atomic mass is 9.90. The van der Waals surface area contributed by atoms with Gasteiger partial charge in [0.2, 0.25) is 0 Å². The van der Waals surface area contributed by atoms with Gasteiger partial charge >= 0.3 is 41.7 Å². The van der Waals surface area contributed by atoms with Crippen molar-refractivity contribution in [3.05, 3.63) is 11.9 Å². The molecule has 0 rings (SSSR count). The normalized spacial score (nSPS) is 16.2. The van der Waals surface area contributed by atoms with Crippen molar-refractivity contribution < 1.29 is 70.2 Å². The minimum Gasteiger partial charge on any atom is -0.313 e.